The number of carbonyl (C=O) groups excluding carboxylic acids is 1. The molecule has 0 aliphatic rings. The minimum absolute atomic E-state index is 0.00220. The molecule has 0 aliphatic carbocycles. The molecule has 2 rings (SSSR count). The Morgan fingerprint density at radius 1 is 1.15 bits per heavy atom. The van der Waals surface area contributed by atoms with E-state index in [-0.39, 0.29) is 12.1 Å². The first-order chi connectivity index (χ1) is 9.56. The summed E-state index contributed by atoms with van der Waals surface area (Å²) in [6, 6.07) is 11.8. The van der Waals surface area contributed by atoms with Gasteiger partial charge in [-0.05, 0) is 18.2 Å². The Bertz CT molecular complexity index is 602. The van der Waals surface area contributed by atoms with Gasteiger partial charge in [0.2, 0.25) is 0 Å². The van der Waals surface area contributed by atoms with Gasteiger partial charge in [-0.25, -0.2) is 13.6 Å². The summed E-state index contributed by atoms with van der Waals surface area (Å²) < 4.78 is 31.4. The zero-order valence-electron chi connectivity index (χ0n) is 10.8. The van der Waals surface area contributed by atoms with Crippen molar-refractivity contribution in [2.75, 3.05) is 7.05 Å². The van der Waals surface area contributed by atoms with Gasteiger partial charge in [0.15, 0.2) is 0 Å². The second kappa shape index (κ2) is 6.14. The molecule has 0 heterocycles. The van der Waals surface area contributed by atoms with Crippen LogP contribution >= 0.6 is 0 Å². The first kappa shape index (κ1) is 14.0. The summed E-state index contributed by atoms with van der Waals surface area (Å²) in [6.45, 7) is -0.00220. The van der Waals surface area contributed by atoms with Crippen LogP contribution in [-0.2, 0) is 6.54 Å². The molecule has 0 saturated carbocycles. The van der Waals surface area contributed by atoms with Crippen LogP contribution in [0.1, 0.15) is 5.56 Å². The summed E-state index contributed by atoms with van der Waals surface area (Å²) in [6.07, 6.45) is -0.611. The van der Waals surface area contributed by atoms with Crippen LogP contribution in [0.2, 0.25) is 0 Å². The predicted molar refractivity (Wildman–Crippen MR) is 70.3 cm³/mol. The molecule has 0 N–H and O–H groups in total. The third-order valence-corrected chi connectivity index (χ3v) is 2.68. The Balaban J connectivity index is 2.00. The van der Waals surface area contributed by atoms with Crippen molar-refractivity contribution in [1.82, 2.24) is 4.90 Å². The van der Waals surface area contributed by atoms with Gasteiger partial charge in [-0.15, -0.1) is 0 Å². The molecule has 0 radical (unpaired) electrons. The molecule has 2 aromatic carbocycles. The lowest BCUT2D eigenvalue weighted by Crippen LogP contribution is -2.29. The maximum Gasteiger partial charge on any atom is 0.415 e. The fourth-order valence-electron chi connectivity index (χ4n) is 1.64. The molecule has 0 aromatic heterocycles. The minimum atomic E-state index is -0.690. The van der Waals surface area contributed by atoms with Crippen molar-refractivity contribution >= 4 is 6.09 Å². The van der Waals surface area contributed by atoms with Crippen LogP contribution in [-0.4, -0.2) is 18.0 Å². The summed E-state index contributed by atoms with van der Waals surface area (Å²) in [5.41, 5.74) is 0.221. The third-order valence-electron chi connectivity index (χ3n) is 2.68. The van der Waals surface area contributed by atoms with E-state index >= 15 is 0 Å². The highest BCUT2D eigenvalue weighted by molar-refractivity contribution is 5.70. The highest BCUT2D eigenvalue weighted by Gasteiger charge is 2.14. The van der Waals surface area contributed by atoms with Gasteiger partial charge in [0.25, 0.3) is 0 Å². The highest BCUT2D eigenvalue weighted by atomic mass is 19.1. The fourth-order valence-corrected chi connectivity index (χ4v) is 1.64. The van der Waals surface area contributed by atoms with Gasteiger partial charge in [-0.1, -0.05) is 24.3 Å². The minimum Gasteiger partial charge on any atom is -0.410 e. The van der Waals surface area contributed by atoms with E-state index in [4.69, 9.17) is 4.74 Å². The number of ether oxygens (including phenoxy) is 1. The molecule has 2 aromatic rings. The number of amides is 1. The molecule has 0 saturated heterocycles. The van der Waals surface area contributed by atoms with E-state index in [2.05, 4.69) is 0 Å². The topological polar surface area (TPSA) is 29.5 Å². The summed E-state index contributed by atoms with van der Waals surface area (Å²) in [5, 5.41) is 0. The van der Waals surface area contributed by atoms with Crippen LogP contribution in [0.25, 0.3) is 0 Å². The number of carbonyl (C=O) groups is 1. The molecule has 0 fully saturated rings. The maximum atomic E-state index is 13.5. The second-order valence-electron chi connectivity index (χ2n) is 4.27. The lowest BCUT2D eigenvalue weighted by Gasteiger charge is -2.17. The van der Waals surface area contributed by atoms with Crippen LogP contribution in [0.3, 0.4) is 0 Å². The van der Waals surface area contributed by atoms with Crippen LogP contribution in [0, 0.1) is 11.6 Å². The van der Waals surface area contributed by atoms with Crippen LogP contribution in [0.4, 0.5) is 13.6 Å². The number of halogens is 2. The lowest BCUT2D eigenvalue weighted by atomic mass is 10.2. The molecule has 0 aliphatic heterocycles. The fraction of sp³-hybridized carbons (Fsp3) is 0.133. The lowest BCUT2D eigenvalue weighted by molar-refractivity contribution is 0.160. The number of rotatable bonds is 3. The van der Waals surface area contributed by atoms with Gasteiger partial charge in [0.1, 0.15) is 17.4 Å². The average molecular weight is 277 g/mol. The van der Waals surface area contributed by atoms with E-state index in [1.807, 2.05) is 0 Å². The van der Waals surface area contributed by atoms with Crippen molar-refractivity contribution in [3.05, 3.63) is 65.7 Å². The number of hydrogen-bond donors (Lipinski definition) is 0. The molecule has 0 spiro atoms. The standard InChI is InChI=1S/C15H13F2NO2/c1-18(10-11-7-8-12(16)9-14(11)17)15(19)20-13-5-3-2-4-6-13/h2-9H,10H2,1H3. The molecule has 1 amide bonds. The van der Waals surface area contributed by atoms with Crippen molar-refractivity contribution in [3.8, 4) is 5.75 Å². The molecule has 0 bridgehead atoms. The van der Waals surface area contributed by atoms with Gasteiger partial charge in [-0.3, -0.25) is 0 Å². The number of para-hydroxylation sites is 1. The Kier molecular flexibility index (Phi) is 4.30. The molecule has 0 unspecified atom stereocenters. The smallest absolute Gasteiger partial charge is 0.410 e. The van der Waals surface area contributed by atoms with Crippen LogP contribution in [0.15, 0.2) is 48.5 Å². The summed E-state index contributed by atoms with van der Waals surface area (Å²) in [7, 11) is 1.48. The molecule has 5 heteroatoms. The van der Waals surface area contributed by atoms with E-state index in [1.165, 1.54) is 18.0 Å². The highest BCUT2D eigenvalue weighted by Crippen LogP contribution is 2.14. The third kappa shape index (κ3) is 3.54. The number of hydrogen-bond acceptors (Lipinski definition) is 2. The van der Waals surface area contributed by atoms with E-state index in [1.54, 1.807) is 30.3 Å². The Morgan fingerprint density at radius 2 is 1.85 bits per heavy atom. The molecule has 20 heavy (non-hydrogen) atoms. The van der Waals surface area contributed by atoms with Gasteiger partial charge >= 0.3 is 6.09 Å². The van der Waals surface area contributed by atoms with Gasteiger partial charge in [0, 0.05) is 18.7 Å². The first-order valence-electron chi connectivity index (χ1n) is 5.98. The quantitative estimate of drug-likeness (QED) is 0.858. The molecule has 104 valence electrons. The second-order valence-corrected chi connectivity index (χ2v) is 4.27. The Hall–Kier alpha value is -2.43. The van der Waals surface area contributed by atoms with E-state index < -0.39 is 17.7 Å². The summed E-state index contributed by atoms with van der Waals surface area (Å²) >= 11 is 0. The van der Waals surface area contributed by atoms with Gasteiger partial charge in [-0.2, -0.15) is 0 Å². The Labute approximate surface area is 115 Å². The zero-order chi connectivity index (χ0) is 14.5. The van der Waals surface area contributed by atoms with E-state index in [0.29, 0.717) is 5.75 Å². The van der Waals surface area contributed by atoms with Crippen molar-refractivity contribution < 1.29 is 18.3 Å². The van der Waals surface area contributed by atoms with Crippen molar-refractivity contribution in [3.63, 3.8) is 0 Å². The van der Waals surface area contributed by atoms with E-state index in [9.17, 15) is 13.6 Å². The largest absolute Gasteiger partial charge is 0.415 e. The van der Waals surface area contributed by atoms with Crippen LogP contribution in [0.5, 0.6) is 5.75 Å². The summed E-state index contributed by atoms with van der Waals surface area (Å²) in [5.74, 6) is -0.936. The first-order valence-corrected chi connectivity index (χ1v) is 5.98. The van der Waals surface area contributed by atoms with Gasteiger partial charge < -0.3 is 9.64 Å². The maximum absolute atomic E-state index is 13.5. The average Bonchev–Trinajstić information content (AvgIpc) is 2.43. The molecule has 0 atom stereocenters. The van der Waals surface area contributed by atoms with Crippen molar-refractivity contribution in [2.45, 2.75) is 6.54 Å². The van der Waals surface area contributed by atoms with Gasteiger partial charge in [0.05, 0.1) is 6.54 Å². The summed E-state index contributed by atoms with van der Waals surface area (Å²) in [4.78, 5) is 13.0. The van der Waals surface area contributed by atoms with Crippen LogP contribution < -0.4 is 4.74 Å². The van der Waals surface area contributed by atoms with Crippen molar-refractivity contribution in [2.24, 2.45) is 0 Å². The number of benzene rings is 2. The Morgan fingerprint density at radius 3 is 2.50 bits per heavy atom. The zero-order valence-corrected chi connectivity index (χ0v) is 10.8. The number of nitrogens with zero attached hydrogens (tertiary/aromatic N) is 1. The molecular weight excluding hydrogens is 264 g/mol. The SMILES string of the molecule is CN(Cc1ccc(F)cc1F)C(=O)Oc1ccccc1. The van der Waals surface area contributed by atoms with E-state index in [0.717, 1.165) is 12.1 Å². The normalized spacial score (nSPS) is 10.2. The molecule has 3 nitrogen and oxygen atoms in total. The van der Waals surface area contributed by atoms with Crippen molar-refractivity contribution in [1.29, 1.82) is 0 Å². The monoisotopic (exact) mass is 277 g/mol. The predicted octanol–water partition coefficient (Wildman–Crippen LogP) is 3.60. The molecular formula is C15H13F2NO2.